The van der Waals surface area contributed by atoms with Crippen LogP contribution < -0.4 is 5.32 Å². The van der Waals surface area contributed by atoms with Crippen molar-refractivity contribution in [2.24, 2.45) is 11.3 Å². The largest absolute Gasteiger partial charge is 0.480 e. The lowest BCUT2D eigenvalue weighted by molar-refractivity contribution is -0.155. The maximum atomic E-state index is 11.4. The summed E-state index contributed by atoms with van der Waals surface area (Å²) in [5.74, 6) is -0.776. The topological polar surface area (TPSA) is 66.4 Å². The van der Waals surface area contributed by atoms with Crippen molar-refractivity contribution in [3.63, 3.8) is 0 Å². The van der Waals surface area contributed by atoms with Gasteiger partial charge in [0.05, 0.1) is 0 Å². The van der Waals surface area contributed by atoms with Crippen LogP contribution in [-0.2, 0) is 9.59 Å². The lowest BCUT2D eigenvalue weighted by Crippen LogP contribution is -2.43. The monoisotopic (exact) mass is 199 g/mol. The van der Waals surface area contributed by atoms with Crippen LogP contribution in [0.5, 0.6) is 0 Å². The quantitative estimate of drug-likeness (QED) is 0.649. The van der Waals surface area contributed by atoms with E-state index < -0.39 is 17.3 Å². The molecule has 4 heteroatoms. The van der Waals surface area contributed by atoms with Gasteiger partial charge in [0.25, 0.3) is 0 Å². The first-order valence-corrected chi connectivity index (χ1v) is 4.96. The summed E-state index contributed by atoms with van der Waals surface area (Å²) in [5, 5.41) is 11.4. The van der Waals surface area contributed by atoms with Gasteiger partial charge < -0.3 is 10.4 Å². The van der Waals surface area contributed by atoms with E-state index in [2.05, 4.69) is 5.32 Å². The van der Waals surface area contributed by atoms with E-state index in [0.717, 1.165) is 6.42 Å². The van der Waals surface area contributed by atoms with E-state index in [-0.39, 0.29) is 0 Å². The zero-order valence-electron chi connectivity index (χ0n) is 8.67. The standard InChI is InChI=1S/C10H17NO3/c1-10(9(13)14,8(12)11-2)6-5-7-3-4-7/h7H,3-6H2,1-2H3,(H,11,12)(H,13,14). The van der Waals surface area contributed by atoms with Crippen LogP contribution in [0.15, 0.2) is 0 Å². The number of hydrogen-bond donors (Lipinski definition) is 2. The van der Waals surface area contributed by atoms with Crippen molar-refractivity contribution in [1.29, 1.82) is 0 Å². The van der Waals surface area contributed by atoms with Crippen LogP contribution in [0.1, 0.15) is 32.6 Å². The molecule has 1 amide bonds. The predicted molar refractivity (Wildman–Crippen MR) is 51.8 cm³/mol. The molecule has 0 aromatic carbocycles. The Morgan fingerprint density at radius 1 is 1.50 bits per heavy atom. The molecule has 80 valence electrons. The molecular formula is C10H17NO3. The molecule has 0 spiro atoms. The van der Waals surface area contributed by atoms with Gasteiger partial charge in [-0.1, -0.05) is 12.8 Å². The van der Waals surface area contributed by atoms with Crippen molar-refractivity contribution in [1.82, 2.24) is 5.32 Å². The highest BCUT2D eigenvalue weighted by atomic mass is 16.4. The van der Waals surface area contributed by atoms with Gasteiger partial charge in [0, 0.05) is 7.05 Å². The van der Waals surface area contributed by atoms with Gasteiger partial charge in [0.2, 0.25) is 5.91 Å². The van der Waals surface area contributed by atoms with E-state index in [4.69, 9.17) is 5.11 Å². The fourth-order valence-corrected chi connectivity index (χ4v) is 1.49. The van der Waals surface area contributed by atoms with E-state index in [0.29, 0.717) is 12.3 Å². The summed E-state index contributed by atoms with van der Waals surface area (Å²) < 4.78 is 0. The van der Waals surface area contributed by atoms with Crippen molar-refractivity contribution < 1.29 is 14.7 Å². The third-order valence-electron chi connectivity index (χ3n) is 2.95. The molecule has 14 heavy (non-hydrogen) atoms. The van der Waals surface area contributed by atoms with E-state index in [1.54, 1.807) is 0 Å². The molecule has 1 aliphatic carbocycles. The smallest absolute Gasteiger partial charge is 0.318 e. The molecule has 1 unspecified atom stereocenters. The molecule has 1 atom stereocenters. The Labute approximate surface area is 83.7 Å². The SMILES string of the molecule is CNC(=O)C(C)(CCC1CC1)C(=O)O. The van der Waals surface area contributed by atoms with Gasteiger partial charge in [-0.2, -0.15) is 0 Å². The fourth-order valence-electron chi connectivity index (χ4n) is 1.49. The minimum Gasteiger partial charge on any atom is -0.480 e. The molecule has 0 saturated heterocycles. The number of nitrogens with one attached hydrogen (secondary N) is 1. The molecule has 4 nitrogen and oxygen atoms in total. The minimum absolute atomic E-state index is 0.398. The highest BCUT2D eigenvalue weighted by molar-refractivity contribution is 6.01. The Bertz CT molecular complexity index is 248. The van der Waals surface area contributed by atoms with Crippen molar-refractivity contribution >= 4 is 11.9 Å². The number of carbonyl (C=O) groups is 2. The summed E-state index contributed by atoms with van der Waals surface area (Å²) >= 11 is 0. The molecule has 2 N–H and O–H groups in total. The maximum Gasteiger partial charge on any atom is 0.318 e. The molecule has 1 rings (SSSR count). The number of rotatable bonds is 5. The van der Waals surface area contributed by atoms with Crippen LogP contribution in [0, 0.1) is 11.3 Å². The second-order valence-corrected chi connectivity index (χ2v) is 4.20. The molecule has 0 heterocycles. The van der Waals surface area contributed by atoms with Crippen LogP contribution in [0.25, 0.3) is 0 Å². The highest BCUT2D eigenvalue weighted by Gasteiger charge is 2.41. The molecule has 0 aliphatic heterocycles. The van der Waals surface area contributed by atoms with Crippen molar-refractivity contribution in [3.05, 3.63) is 0 Å². The Hall–Kier alpha value is -1.06. The van der Waals surface area contributed by atoms with E-state index in [9.17, 15) is 9.59 Å². The fraction of sp³-hybridized carbons (Fsp3) is 0.800. The molecule has 0 radical (unpaired) electrons. The second kappa shape index (κ2) is 3.98. The Kier molecular flexibility index (Phi) is 3.13. The average molecular weight is 199 g/mol. The summed E-state index contributed by atoms with van der Waals surface area (Å²) in [6.07, 6.45) is 3.65. The number of carboxylic acids is 1. The molecule has 1 fully saturated rings. The van der Waals surface area contributed by atoms with Crippen molar-refractivity contribution in [2.45, 2.75) is 32.6 Å². The first-order chi connectivity index (χ1) is 6.50. The van der Waals surface area contributed by atoms with Gasteiger partial charge in [-0.15, -0.1) is 0 Å². The normalized spacial score (nSPS) is 19.9. The summed E-state index contributed by atoms with van der Waals surface area (Å²) in [4.78, 5) is 22.4. The number of hydrogen-bond acceptors (Lipinski definition) is 2. The predicted octanol–water partition coefficient (Wildman–Crippen LogP) is 1.01. The lowest BCUT2D eigenvalue weighted by Gasteiger charge is -2.22. The second-order valence-electron chi connectivity index (χ2n) is 4.20. The number of aliphatic carboxylic acids is 1. The summed E-state index contributed by atoms with van der Waals surface area (Å²) in [6, 6.07) is 0. The van der Waals surface area contributed by atoms with Gasteiger partial charge in [-0.05, 0) is 25.7 Å². The first kappa shape index (κ1) is 11.0. The average Bonchev–Trinajstić information content (AvgIpc) is 2.95. The Morgan fingerprint density at radius 3 is 2.43 bits per heavy atom. The van der Waals surface area contributed by atoms with Gasteiger partial charge >= 0.3 is 5.97 Å². The molecule has 0 bridgehead atoms. The Balaban J connectivity index is 2.58. The first-order valence-electron chi connectivity index (χ1n) is 4.96. The molecule has 1 saturated carbocycles. The van der Waals surface area contributed by atoms with Crippen LogP contribution in [0.2, 0.25) is 0 Å². The summed E-state index contributed by atoms with van der Waals surface area (Å²) in [7, 11) is 1.47. The minimum atomic E-state index is -1.25. The third-order valence-corrected chi connectivity index (χ3v) is 2.95. The van der Waals surface area contributed by atoms with Crippen molar-refractivity contribution in [3.8, 4) is 0 Å². The van der Waals surface area contributed by atoms with Gasteiger partial charge in [0.15, 0.2) is 0 Å². The maximum absolute atomic E-state index is 11.4. The van der Waals surface area contributed by atoms with E-state index >= 15 is 0 Å². The number of carboxylic acid groups (broad SMARTS) is 1. The van der Waals surface area contributed by atoms with Crippen LogP contribution in [0.3, 0.4) is 0 Å². The molecule has 1 aliphatic rings. The van der Waals surface area contributed by atoms with Crippen LogP contribution in [-0.4, -0.2) is 24.0 Å². The van der Waals surface area contributed by atoms with Crippen LogP contribution >= 0.6 is 0 Å². The molecule has 0 aromatic heterocycles. The van der Waals surface area contributed by atoms with Crippen molar-refractivity contribution in [2.75, 3.05) is 7.05 Å². The Morgan fingerprint density at radius 2 is 2.07 bits per heavy atom. The zero-order chi connectivity index (χ0) is 10.8. The molecular weight excluding hydrogens is 182 g/mol. The van der Waals surface area contributed by atoms with Gasteiger partial charge in [-0.25, -0.2) is 0 Å². The number of carbonyl (C=O) groups excluding carboxylic acids is 1. The van der Waals surface area contributed by atoms with Gasteiger partial charge in [-0.3, -0.25) is 9.59 Å². The van der Waals surface area contributed by atoms with Crippen LogP contribution in [0.4, 0.5) is 0 Å². The molecule has 0 aromatic rings. The third kappa shape index (κ3) is 2.25. The van der Waals surface area contributed by atoms with Gasteiger partial charge in [0.1, 0.15) is 5.41 Å². The van der Waals surface area contributed by atoms with E-state index in [1.807, 2.05) is 0 Å². The van der Waals surface area contributed by atoms with E-state index in [1.165, 1.54) is 26.8 Å². The number of amides is 1. The highest BCUT2D eigenvalue weighted by Crippen LogP contribution is 2.37. The zero-order valence-corrected chi connectivity index (χ0v) is 8.67. The lowest BCUT2D eigenvalue weighted by atomic mass is 9.83. The summed E-state index contributed by atoms with van der Waals surface area (Å²) in [5.41, 5.74) is -1.25. The summed E-state index contributed by atoms with van der Waals surface area (Å²) in [6.45, 7) is 1.50.